The third kappa shape index (κ3) is 4.62. The van der Waals surface area contributed by atoms with Crippen LogP contribution in [0.4, 0.5) is 17.1 Å². The molecular formula is C16H19N5O9S2. The Balaban J connectivity index is 2.89. The Hall–Kier alpha value is -3.34. The second-order valence-electron chi connectivity index (χ2n) is 6.30. The van der Waals surface area contributed by atoms with Gasteiger partial charge in [-0.3, -0.25) is 23.3 Å². The number of pyridine rings is 1. The van der Waals surface area contributed by atoms with Gasteiger partial charge in [0.2, 0.25) is 5.88 Å². The lowest BCUT2D eigenvalue weighted by Crippen LogP contribution is -2.25. The summed E-state index contributed by atoms with van der Waals surface area (Å²) in [5, 5.41) is 19.9. The van der Waals surface area contributed by atoms with Crippen LogP contribution in [0, 0.1) is 6.92 Å². The molecule has 2 rings (SSSR count). The topological polar surface area (TPSA) is 231 Å². The molecule has 32 heavy (non-hydrogen) atoms. The quantitative estimate of drug-likeness (QED) is 0.273. The molecule has 1 aromatic carbocycles. The third-order valence-electron chi connectivity index (χ3n) is 4.36. The molecule has 1 heterocycles. The third-order valence-corrected chi connectivity index (χ3v) is 6.14. The first-order valence-electron chi connectivity index (χ1n) is 8.63. The molecule has 16 heteroatoms. The maximum Gasteiger partial charge on any atom is 0.296 e. The molecule has 0 saturated heterocycles. The number of carbonyl (C=O) groups is 1. The van der Waals surface area contributed by atoms with E-state index >= 15 is 0 Å². The maximum atomic E-state index is 12.6. The lowest BCUT2D eigenvalue weighted by molar-refractivity contribution is 0.0995. The van der Waals surface area contributed by atoms with Crippen LogP contribution in [0.25, 0.3) is 0 Å². The number of aromatic nitrogens is 1. The lowest BCUT2D eigenvalue weighted by Gasteiger charge is -2.13. The average molecular weight is 489 g/mol. The summed E-state index contributed by atoms with van der Waals surface area (Å²) in [4.78, 5) is 22.5. The van der Waals surface area contributed by atoms with E-state index in [1.807, 2.05) is 0 Å². The Morgan fingerprint density at radius 3 is 2.12 bits per heavy atom. The zero-order valence-electron chi connectivity index (χ0n) is 16.9. The van der Waals surface area contributed by atoms with Gasteiger partial charge in [-0.1, -0.05) is 0 Å². The van der Waals surface area contributed by atoms with Crippen molar-refractivity contribution in [3.8, 4) is 5.88 Å². The smallest absolute Gasteiger partial charge is 0.296 e. The SMILES string of the molecule is CCn1c(O)c(C(N)=O)c(C)c(N=Nc2cc(NC)c(S(=O)(=O)O)cc2S(=O)(=O)O)c1=O. The fourth-order valence-corrected chi connectivity index (χ4v) is 4.27. The number of nitrogens with zero attached hydrogens (tertiary/aromatic N) is 3. The van der Waals surface area contributed by atoms with Crippen LogP contribution >= 0.6 is 0 Å². The zero-order valence-corrected chi connectivity index (χ0v) is 18.5. The van der Waals surface area contributed by atoms with Crippen LogP contribution in [0.3, 0.4) is 0 Å². The Morgan fingerprint density at radius 2 is 1.69 bits per heavy atom. The van der Waals surface area contributed by atoms with E-state index in [9.17, 15) is 40.6 Å². The number of nitrogens with one attached hydrogen (secondary N) is 1. The van der Waals surface area contributed by atoms with Crippen molar-refractivity contribution in [2.75, 3.05) is 12.4 Å². The number of anilines is 1. The Morgan fingerprint density at radius 1 is 1.12 bits per heavy atom. The van der Waals surface area contributed by atoms with Crippen LogP contribution in [0.5, 0.6) is 5.88 Å². The van der Waals surface area contributed by atoms with Crippen molar-refractivity contribution < 1.29 is 35.8 Å². The molecule has 0 fully saturated rings. The Kier molecular flexibility index (Phi) is 6.74. The molecule has 14 nitrogen and oxygen atoms in total. The molecule has 2 aromatic rings. The molecule has 0 aliphatic carbocycles. The molecule has 0 aliphatic heterocycles. The Bertz CT molecular complexity index is 1410. The molecule has 174 valence electrons. The molecule has 1 amide bonds. The first-order valence-corrected chi connectivity index (χ1v) is 11.5. The first-order chi connectivity index (χ1) is 14.6. The summed E-state index contributed by atoms with van der Waals surface area (Å²) in [5.41, 5.74) is 2.46. The van der Waals surface area contributed by atoms with Crippen molar-refractivity contribution in [1.29, 1.82) is 0 Å². The second-order valence-corrected chi connectivity index (χ2v) is 9.08. The number of azo groups is 1. The number of aromatic hydroxyl groups is 1. The zero-order chi connectivity index (χ0) is 24.6. The van der Waals surface area contributed by atoms with Crippen molar-refractivity contribution in [2.24, 2.45) is 16.0 Å². The number of nitrogens with two attached hydrogens (primary N) is 1. The number of primary amides is 1. The fraction of sp³-hybridized carbons (Fsp3) is 0.250. The molecule has 0 radical (unpaired) electrons. The highest BCUT2D eigenvalue weighted by Crippen LogP contribution is 2.35. The van der Waals surface area contributed by atoms with Gasteiger partial charge in [-0.25, -0.2) is 0 Å². The van der Waals surface area contributed by atoms with Gasteiger partial charge in [0.25, 0.3) is 31.7 Å². The minimum atomic E-state index is -5.06. The summed E-state index contributed by atoms with van der Waals surface area (Å²) in [6.07, 6.45) is 0. The van der Waals surface area contributed by atoms with E-state index in [1.54, 1.807) is 0 Å². The predicted octanol–water partition coefficient (Wildman–Crippen LogP) is 0.932. The van der Waals surface area contributed by atoms with E-state index in [0.29, 0.717) is 6.07 Å². The van der Waals surface area contributed by atoms with Crippen molar-refractivity contribution in [1.82, 2.24) is 4.57 Å². The van der Waals surface area contributed by atoms with Gasteiger partial charge in [0, 0.05) is 19.2 Å². The highest BCUT2D eigenvalue weighted by molar-refractivity contribution is 7.86. The number of hydrogen-bond donors (Lipinski definition) is 5. The van der Waals surface area contributed by atoms with Crippen LogP contribution in [-0.2, 0) is 26.8 Å². The second kappa shape index (κ2) is 8.65. The van der Waals surface area contributed by atoms with E-state index in [4.69, 9.17) is 5.73 Å². The number of amides is 1. The molecule has 0 unspecified atom stereocenters. The average Bonchev–Trinajstić information content (AvgIpc) is 2.65. The minimum absolute atomic E-state index is 0.0724. The highest BCUT2D eigenvalue weighted by Gasteiger charge is 2.25. The molecule has 0 atom stereocenters. The van der Waals surface area contributed by atoms with Gasteiger partial charge in [0.15, 0.2) is 5.69 Å². The van der Waals surface area contributed by atoms with Crippen LogP contribution < -0.4 is 16.6 Å². The van der Waals surface area contributed by atoms with Crippen molar-refractivity contribution in [3.63, 3.8) is 0 Å². The van der Waals surface area contributed by atoms with Gasteiger partial charge >= 0.3 is 0 Å². The maximum absolute atomic E-state index is 12.6. The molecule has 6 N–H and O–H groups in total. The first kappa shape index (κ1) is 24.9. The van der Waals surface area contributed by atoms with Crippen molar-refractivity contribution in [2.45, 2.75) is 30.2 Å². The fourth-order valence-electron chi connectivity index (χ4n) is 2.86. The van der Waals surface area contributed by atoms with Crippen LogP contribution in [-0.4, -0.2) is 48.6 Å². The van der Waals surface area contributed by atoms with Gasteiger partial charge in [0.05, 0.1) is 5.69 Å². The minimum Gasteiger partial charge on any atom is -0.494 e. The molecule has 1 aromatic heterocycles. The lowest BCUT2D eigenvalue weighted by atomic mass is 10.1. The van der Waals surface area contributed by atoms with Gasteiger partial charge in [-0.2, -0.15) is 16.8 Å². The van der Waals surface area contributed by atoms with Crippen LogP contribution in [0.2, 0.25) is 0 Å². The summed E-state index contributed by atoms with van der Waals surface area (Å²) in [6, 6.07) is 1.30. The van der Waals surface area contributed by atoms with E-state index in [1.165, 1.54) is 20.9 Å². The van der Waals surface area contributed by atoms with Crippen molar-refractivity contribution in [3.05, 3.63) is 33.6 Å². The van der Waals surface area contributed by atoms with Crippen molar-refractivity contribution >= 4 is 43.2 Å². The Labute approximate surface area is 181 Å². The van der Waals surface area contributed by atoms with Crippen LogP contribution in [0.15, 0.2) is 36.9 Å². The molecule has 0 saturated carbocycles. The summed E-state index contributed by atoms with van der Waals surface area (Å²) in [6.45, 7) is 2.67. The predicted molar refractivity (Wildman–Crippen MR) is 111 cm³/mol. The normalized spacial score (nSPS) is 12.3. The number of hydrogen-bond acceptors (Lipinski definition) is 10. The molecular weight excluding hydrogens is 470 g/mol. The largest absolute Gasteiger partial charge is 0.494 e. The van der Waals surface area contributed by atoms with Crippen LogP contribution in [0.1, 0.15) is 22.8 Å². The van der Waals surface area contributed by atoms with Gasteiger partial charge in [0.1, 0.15) is 21.0 Å². The van der Waals surface area contributed by atoms with Gasteiger partial charge < -0.3 is 16.2 Å². The molecule has 0 aliphatic rings. The standard InChI is InChI=1S/C16H19N5O9S2/c1-4-21-15(23)12(14(17)22)7(2)13(16(21)24)20-19-9-5-8(18-3)10(31(25,26)27)6-11(9)32(28,29)30/h5-6,18,23H,4H2,1-3H3,(H2,17,22)(H,25,26,27)(H,28,29,30). The monoisotopic (exact) mass is 489 g/mol. The van der Waals surface area contributed by atoms with E-state index in [2.05, 4.69) is 15.5 Å². The van der Waals surface area contributed by atoms with E-state index in [-0.39, 0.29) is 17.8 Å². The highest BCUT2D eigenvalue weighted by atomic mass is 32.2. The summed E-state index contributed by atoms with van der Waals surface area (Å²) < 4.78 is 66.2. The molecule has 0 spiro atoms. The summed E-state index contributed by atoms with van der Waals surface area (Å²) in [7, 11) is -8.69. The number of rotatable bonds is 7. The number of carbonyl (C=O) groups excluding carboxylic acids is 1. The van der Waals surface area contributed by atoms with Gasteiger partial charge in [-0.05, 0) is 26.0 Å². The summed E-state index contributed by atoms with van der Waals surface area (Å²) >= 11 is 0. The van der Waals surface area contributed by atoms with Gasteiger partial charge in [-0.15, -0.1) is 10.2 Å². The summed E-state index contributed by atoms with van der Waals surface area (Å²) in [5.74, 6) is -1.75. The van der Waals surface area contributed by atoms with E-state index in [0.717, 1.165) is 10.6 Å². The molecule has 0 bridgehead atoms. The number of benzene rings is 1. The van der Waals surface area contributed by atoms with E-state index < -0.39 is 64.3 Å².